The lowest BCUT2D eigenvalue weighted by molar-refractivity contribution is -0.136. The van der Waals surface area contributed by atoms with E-state index in [2.05, 4.69) is 9.72 Å². The number of halogens is 1. The monoisotopic (exact) mass is 362 g/mol. The normalized spacial score (nSPS) is 11.4. The van der Waals surface area contributed by atoms with Crippen molar-refractivity contribution in [1.29, 1.82) is 0 Å². The van der Waals surface area contributed by atoms with Gasteiger partial charge >= 0.3 is 5.97 Å². The molecule has 0 amide bonds. The molecule has 1 rings (SSSR count). The van der Waals surface area contributed by atoms with E-state index >= 15 is 0 Å². The fourth-order valence-electron chi connectivity index (χ4n) is 1.39. The number of ether oxygens (including phenoxy) is 1. The maximum atomic E-state index is 11.9. The van der Waals surface area contributed by atoms with Gasteiger partial charge in [-0.15, -0.1) is 0 Å². The topological polar surface area (TPSA) is 61.2 Å². The van der Waals surface area contributed by atoms with Crippen molar-refractivity contribution < 1.29 is 9.53 Å². The third-order valence-electron chi connectivity index (χ3n) is 2.52. The number of aromatic nitrogens is 2. The first-order valence-corrected chi connectivity index (χ1v) is 6.58. The second-order valence-corrected chi connectivity index (χ2v) is 4.75. The Balaban J connectivity index is 2.99. The Morgan fingerprint density at radius 2 is 2.28 bits per heavy atom. The van der Waals surface area contributed by atoms with Crippen LogP contribution in [0.1, 0.15) is 19.0 Å². The smallest absolute Gasteiger partial charge is 0.333 e. The highest BCUT2D eigenvalue weighted by Crippen LogP contribution is 2.05. The van der Waals surface area contributed by atoms with Crippen molar-refractivity contribution in [3.05, 3.63) is 37.6 Å². The minimum atomic E-state index is -0.361. The molecule has 0 spiro atoms. The molecule has 1 aromatic heterocycles. The Bertz CT molecular complexity index is 535. The summed E-state index contributed by atoms with van der Waals surface area (Å²) in [4.78, 5) is 27.4. The molecule has 1 aromatic rings. The van der Waals surface area contributed by atoms with Crippen LogP contribution in [0.2, 0.25) is 0 Å². The molecule has 0 aliphatic heterocycles. The first-order chi connectivity index (χ1) is 8.51. The largest absolute Gasteiger partial charge is 0.466 e. The number of rotatable bonds is 4. The molecule has 98 valence electrons. The fourth-order valence-corrected chi connectivity index (χ4v) is 1.84. The van der Waals surface area contributed by atoms with Gasteiger partial charge in [0.15, 0.2) is 0 Å². The van der Waals surface area contributed by atoms with Gasteiger partial charge in [-0.05, 0) is 35.9 Å². The van der Waals surface area contributed by atoms with E-state index in [0.29, 0.717) is 27.8 Å². The number of methoxy groups -OCH3 is 1. The SMILES string of the molecule is CCC(=CCn1cnc(C)c(I)c1=O)C(=O)OC. The van der Waals surface area contributed by atoms with Gasteiger partial charge in [0.25, 0.3) is 5.56 Å². The summed E-state index contributed by atoms with van der Waals surface area (Å²) in [5.41, 5.74) is 1.17. The number of carbonyl (C=O) groups is 1. The highest BCUT2D eigenvalue weighted by molar-refractivity contribution is 14.1. The summed E-state index contributed by atoms with van der Waals surface area (Å²) in [7, 11) is 1.34. The Kier molecular flexibility index (Phi) is 5.52. The molecule has 0 aliphatic rings. The molecular weight excluding hydrogens is 347 g/mol. The molecule has 0 atom stereocenters. The van der Waals surface area contributed by atoms with Crippen molar-refractivity contribution >= 4 is 28.6 Å². The van der Waals surface area contributed by atoms with E-state index in [1.807, 2.05) is 29.5 Å². The average molecular weight is 362 g/mol. The summed E-state index contributed by atoms with van der Waals surface area (Å²) in [6, 6.07) is 0. The Labute approximate surface area is 119 Å². The predicted molar refractivity (Wildman–Crippen MR) is 76.3 cm³/mol. The van der Waals surface area contributed by atoms with Gasteiger partial charge in [0.2, 0.25) is 0 Å². The van der Waals surface area contributed by atoms with Crippen LogP contribution < -0.4 is 5.56 Å². The maximum absolute atomic E-state index is 11.9. The lowest BCUT2D eigenvalue weighted by Gasteiger charge is -2.06. The van der Waals surface area contributed by atoms with Crippen LogP contribution in [0.15, 0.2) is 22.8 Å². The molecule has 0 radical (unpaired) electrons. The summed E-state index contributed by atoms with van der Waals surface area (Å²) in [6.07, 6.45) is 3.75. The second-order valence-electron chi connectivity index (χ2n) is 3.68. The molecule has 0 saturated carbocycles. The summed E-state index contributed by atoms with van der Waals surface area (Å²) in [5.74, 6) is -0.361. The number of nitrogens with zero attached hydrogens (tertiary/aromatic N) is 2. The zero-order valence-corrected chi connectivity index (χ0v) is 12.7. The third kappa shape index (κ3) is 3.41. The van der Waals surface area contributed by atoms with Gasteiger partial charge in [0.1, 0.15) is 0 Å². The molecule has 0 bridgehead atoms. The van der Waals surface area contributed by atoms with Crippen molar-refractivity contribution in [3.8, 4) is 0 Å². The number of carbonyl (C=O) groups excluding carboxylic acids is 1. The van der Waals surface area contributed by atoms with Gasteiger partial charge in [-0.2, -0.15) is 0 Å². The van der Waals surface area contributed by atoms with Crippen molar-refractivity contribution in [2.75, 3.05) is 7.11 Å². The molecule has 6 heteroatoms. The van der Waals surface area contributed by atoms with E-state index in [1.54, 1.807) is 13.0 Å². The van der Waals surface area contributed by atoms with Gasteiger partial charge in [0, 0.05) is 12.1 Å². The first kappa shape index (κ1) is 14.9. The van der Waals surface area contributed by atoms with E-state index in [9.17, 15) is 9.59 Å². The minimum Gasteiger partial charge on any atom is -0.466 e. The van der Waals surface area contributed by atoms with Gasteiger partial charge in [-0.25, -0.2) is 9.78 Å². The number of esters is 1. The molecule has 0 N–H and O–H groups in total. The lowest BCUT2D eigenvalue weighted by Crippen LogP contribution is -2.24. The zero-order chi connectivity index (χ0) is 13.7. The van der Waals surface area contributed by atoms with E-state index in [1.165, 1.54) is 18.0 Å². The van der Waals surface area contributed by atoms with Crippen LogP contribution in [0, 0.1) is 10.5 Å². The summed E-state index contributed by atoms with van der Waals surface area (Å²) < 4.78 is 6.72. The van der Waals surface area contributed by atoms with Crippen molar-refractivity contribution in [2.45, 2.75) is 26.8 Å². The molecule has 0 unspecified atom stereocenters. The molecule has 0 saturated heterocycles. The summed E-state index contributed by atoms with van der Waals surface area (Å²) in [6.45, 7) is 3.97. The van der Waals surface area contributed by atoms with Crippen LogP contribution in [0.4, 0.5) is 0 Å². The van der Waals surface area contributed by atoms with Crippen molar-refractivity contribution in [2.24, 2.45) is 0 Å². The maximum Gasteiger partial charge on any atom is 0.333 e. The molecule has 18 heavy (non-hydrogen) atoms. The highest BCUT2D eigenvalue weighted by Gasteiger charge is 2.08. The van der Waals surface area contributed by atoms with Crippen LogP contribution in [0.25, 0.3) is 0 Å². The lowest BCUT2D eigenvalue weighted by atomic mass is 10.2. The Hall–Kier alpha value is -1.18. The van der Waals surface area contributed by atoms with Crippen molar-refractivity contribution in [1.82, 2.24) is 9.55 Å². The quantitative estimate of drug-likeness (QED) is 0.465. The second kappa shape index (κ2) is 6.67. The fraction of sp³-hybridized carbons (Fsp3) is 0.417. The van der Waals surface area contributed by atoms with Gasteiger partial charge in [-0.1, -0.05) is 13.0 Å². The minimum absolute atomic E-state index is 0.0975. The van der Waals surface area contributed by atoms with Crippen LogP contribution in [-0.4, -0.2) is 22.6 Å². The first-order valence-electron chi connectivity index (χ1n) is 5.50. The van der Waals surface area contributed by atoms with Crippen molar-refractivity contribution in [3.63, 3.8) is 0 Å². The predicted octanol–water partition coefficient (Wildman–Crippen LogP) is 1.67. The zero-order valence-electron chi connectivity index (χ0n) is 10.6. The van der Waals surface area contributed by atoms with Crippen LogP contribution in [0.5, 0.6) is 0 Å². The van der Waals surface area contributed by atoms with E-state index in [0.717, 1.165) is 0 Å². The highest BCUT2D eigenvalue weighted by atomic mass is 127. The molecule has 1 heterocycles. The summed E-state index contributed by atoms with van der Waals surface area (Å²) in [5, 5.41) is 0. The summed E-state index contributed by atoms with van der Waals surface area (Å²) >= 11 is 1.97. The molecular formula is C12H15IN2O3. The average Bonchev–Trinajstić information content (AvgIpc) is 2.38. The Morgan fingerprint density at radius 3 is 2.83 bits per heavy atom. The molecule has 5 nitrogen and oxygen atoms in total. The van der Waals surface area contributed by atoms with Gasteiger partial charge in [-0.3, -0.25) is 9.36 Å². The number of hydrogen-bond donors (Lipinski definition) is 0. The third-order valence-corrected chi connectivity index (χ3v) is 3.76. The molecule has 0 fully saturated rings. The van der Waals surface area contributed by atoms with Gasteiger partial charge < -0.3 is 4.74 Å². The van der Waals surface area contributed by atoms with Gasteiger partial charge in [0.05, 0.1) is 22.7 Å². The molecule has 0 aromatic carbocycles. The number of hydrogen-bond acceptors (Lipinski definition) is 4. The number of aryl methyl sites for hydroxylation is 1. The molecule has 0 aliphatic carbocycles. The number of allylic oxidation sites excluding steroid dienone is 1. The Morgan fingerprint density at radius 1 is 1.61 bits per heavy atom. The van der Waals surface area contributed by atoms with E-state index < -0.39 is 0 Å². The van der Waals surface area contributed by atoms with Crippen LogP contribution in [0.3, 0.4) is 0 Å². The van der Waals surface area contributed by atoms with Crippen LogP contribution in [-0.2, 0) is 16.1 Å². The van der Waals surface area contributed by atoms with E-state index in [4.69, 9.17) is 0 Å². The standard InChI is InChI=1S/C12H15IN2O3/c1-4-9(12(17)18-3)5-6-15-7-14-8(2)10(13)11(15)16/h5,7H,4,6H2,1-3H3. The van der Waals surface area contributed by atoms with E-state index in [-0.39, 0.29) is 11.5 Å². The van der Waals surface area contributed by atoms with Crippen LogP contribution >= 0.6 is 22.6 Å².